The minimum absolute atomic E-state index is 0.163. The fourth-order valence-corrected chi connectivity index (χ4v) is 2.72. The Labute approximate surface area is 116 Å². The fraction of sp³-hybridized carbons (Fsp3) is 0.286. The topological polar surface area (TPSA) is 35.2 Å². The highest BCUT2D eigenvalue weighted by molar-refractivity contribution is 7.16. The summed E-state index contributed by atoms with van der Waals surface area (Å²) in [5, 5.41) is 0. The number of ether oxygens (including phenoxy) is 1. The van der Waals surface area contributed by atoms with Crippen LogP contribution in [0.5, 0.6) is 5.75 Å². The van der Waals surface area contributed by atoms with E-state index in [2.05, 4.69) is 6.07 Å². The Bertz CT molecular complexity index is 510. The van der Waals surface area contributed by atoms with Crippen molar-refractivity contribution in [2.45, 2.75) is 26.0 Å². The molecule has 0 aliphatic rings. The van der Waals surface area contributed by atoms with Crippen molar-refractivity contribution in [3.05, 3.63) is 51.2 Å². The van der Waals surface area contributed by atoms with Crippen LogP contribution >= 0.6 is 22.9 Å². The number of rotatable bonds is 5. The number of thiophene rings is 1. The number of halogens is 1. The van der Waals surface area contributed by atoms with Crippen LogP contribution < -0.4 is 10.5 Å². The molecule has 0 amide bonds. The predicted molar refractivity (Wildman–Crippen MR) is 77.5 cm³/mol. The van der Waals surface area contributed by atoms with Crippen LogP contribution in [-0.2, 0) is 13.0 Å². The summed E-state index contributed by atoms with van der Waals surface area (Å²) >= 11 is 7.42. The molecule has 18 heavy (non-hydrogen) atoms. The lowest BCUT2D eigenvalue weighted by molar-refractivity contribution is 0.309. The molecule has 1 aromatic carbocycles. The van der Waals surface area contributed by atoms with Gasteiger partial charge in [-0.2, -0.15) is 0 Å². The van der Waals surface area contributed by atoms with Crippen LogP contribution in [0.25, 0.3) is 0 Å². The summed E-state index contributed by atoms with van der Waals surface area (Å²) < 4.78 is 6.53. The van der Waals surface area contributed by atoms with E-state index in [0.717, 1.165) is 21.4 Å². The molecule has 0 saturated carbocycles. The van der Waals surface area contributed by atoms with Gasteiger partial charge in [0, 0.05) is 10.9 Å². The van der Waals surface area contributed by atoms with Gasteiger partial charge in [0.15, 0.2) is 0 Å². The Hall–Kier alpha value is -1.03. The first kappa shape index (κ1) is 13.4. The zero-order valence-corrected chi connectivity index (χ0v) is 11.8. The summed E-state index contributed by atoms with van der Waals surface area (Å²) in [4.78, 5) is 1.12. The van der Waals surface area contributed by atoms with Gasteiger partial charge in [-0.05, 0) is 43.2 Å². The molecule has 2 nitrogen and oxygen atoms in total. The summed E-state index contributed by atoms with van der Waals surface area (Å²) in [5.41, 5.74) is 6.99. The Morgan fingerprint density at radius 1 is 1.33 bits per heavy atom. The number of benzene rings is 1. The fourth-order valence-electron chi connectivity index (χ4n) is 1.72. The van der Waals surface area contributed by atoms with Gasteiger partial charge in [0.05, 0.1) is 4.34 Å². The highest BCUT2D eigenvalue weighted by Gasteiger charge is 2.02. The lowest BCUT2D eigenvalue weighted by Crippen LogP contribution is -2.17. The minimum Gasteiger partial charge on any atom is -0.488 e. The maximum atomic E-state index is 5.87. The highest BCUT2D eigenvalue weighted by Crippen LogP contribution is 2.23. The molecule has 96 valence electrons. The van der Waals surface area contributed by atoms with Crippen LogP contribution in [0, 0.1) is 0 Å². The van der Waals surface area contributed by atoms with Crippen LogP contribution in [0.15, 0.2) is 36.4 Å². The van der Waals surface area contributed by atoms with Crippen LogP contribution in [0.2, 0.25) is 4.34 Å². The van der Waals surface area contributed by atoms with Crippen LogP contribution in [0.1, 0.15) is 17.4 Å². The quantitative estimate of drug-likeness (QED) is 0.903. The van der Waals surface area contributed by atoms with Gasteiger partial charge in [-0.3, -0.25) is 0 Å². The van der Waals surface area contributed by atoms with Crippen molar-refractivity contribution in [1.82, 2.24) is 0 Å². The standard InChI is InChI=1S/C14H16ClNOS/c1-10(16)7-11-3-2-4-12(8-11)17-9-13-5-6-14(15)18-13/h2-6,8,10H,7,9,16H2,1H3. The Kier molecular flexibility index (Phi) is 4.64. The van der Waals surface area contributed by atoms with Crippen molar-refractivity contribution >= 4 is 22.9 Å². The van der Waals surface area contributed by atoms with E-state index < -0.39 is 0 Å². The van der Waals surface area contributed by atoms with Gasteiger partial charge < -0.3 is 10.5 Å². The summed E-state index contributed by atoms with van der Waals surface area (Å²) in [7, 11) is 0. The van der Waals surface area contributed by atoms with E-state index in [0.29, 0.717) is 6.61 Å². The van der Waals surface area contributed by atoms with Crippen LogP contribution in [0.3, 0.4) is 0 Å². The molecule has 0 aliphatic heterocycles. The smallest absolute Gasteiger partial charge is 0.122 e. The normalized spacial score (nSPS) is 12.4. The first-order valence-corrected chi connectivity index (χ1v) is 7.04. The molecule has 0 radical (unpaired) electrons. The van der Waals surface area contributed by atoms with Gasteiger partial charge in [-0.15, -0.1) is 11.3 Å². The lowest BCUT2D eigenvalue weighted by atomic mass is 10.1. The summed E-state index contributed by atoms with van der Waals surface area (Å²) in [6.07, 6.45) is 0.863. The maximum Gasteiger partial charge on any atom is 0.122 e. The van der Waals surface area contributed by atoms with Crippen molar-refractivity contribution in [1.29, 1.82) is 0 Å². The SMILES string of the molecule is CC(N)Cc1cccc(OCc2ccc(Cl)s2)c1. The van der Waals surface area contributed by atoms with Gasteiger partial charge in [-0.25, -0.2) is 0 Å². The van der Waals surface area contributed by atoms with Crippen LogP contribution in [-0.4, -0.2) is 6.04 Å². The average Bonchev–Trinajstić information content (AvgIpc) is 2.72. The Balaban J connectivity index is 1.96. The molecular formula is C14H16ClNOS. The first-order valence-electron chi connectivity index (χ1n) is 5.85. The van der Waals surface area contributed by atoms with Crippen molar-refractivity contribution in [2.75, 3.05) is 0 Å². The number of hydrogen-bond donors (Lipinski definition) is 1. The van der Waals surface area contributed by atoms with Gasteiger partial charge in [0.25, 0.3) is 0 Å². The minimum atomic E-state index is 0.163. The third-order valence-corrected chi connectivity index (χ3v) is 3.67. The van der Waals surface area contributed by atoms with E-state index in [4.69, 9.17) is 22.1 Å². The van der Waals surface area contributed by atoms with E-state index in [1.165, 1.54) is 5.56 Å². The second-order valence-corrected chi connectivity index (χ2v) is 6.12. The molecule has 0 aliphatic carbocycles. The molecule has 0 fully saturated rings. The monoisotopic (exact) mass is 281 g/mol. The van der Waals surface area contributed by atoms with E-state index in [9.17, 15) is 0 Å². The molecule has 4 heteroatoms. The van der Waals surface area contributed by atoms with Crippen molar-refractivity contribution in [3.8, 4) is 5.75 Å². The zero-order valence-electron chi connectivity index (χ0n) is 10.2. The second kappa shape index (κ2) is 6.23. The van der Waals surface area contributed by atoms with Crippen LogP contribution in [0.4, 0.5) is 0 Å². The molecular weight excluding hydrogens is 266 g/mol. The highest BCUT2D eigenvalue weighted by atomic mass is 35.5. The second-order valence-electron chi connectivity index (χ2n) is 4.32. The molecule has 1 heterocycles. The Morgan fingerprint density at radius 2 is 2.17 bits per heavy atom. The molecule has 0 spiro atoms. The molecule has 2 rings (SSSR count). The molecule has 2 aromatic rings. The number of hydrogen-bond acceptors (Lipinski definition) is 3. The molecule has 0 bridgehead atoms. The van der Waals surface area contributed by atoms with Crippen molar-refractivity contribution in [2.24, 2.45) is 5.73 Å². The summed E-state index contributed by atoms with van der Waals surface area (Å²) in [6, 6.07) is 12.1. The zero-order chi connectivity index (χ0) is 13.0. The third-order valence-electron chi connectivity index (χ3n) is 2.47. The maximum absolute atomic E-state index is 5.87. The van der Waals surface area contributed by atoms with E-state index in [1.54, 1.807) is 11.3 Å². The largest absolute Gasteiger partial charge is 0.488 e. The average molecular weight is 282 g/mol. The van der Waals surface area contributed by atoms with Gasteiger partial charge in [0.2, 0.25) is 0 Å². The molecule has 2 N–H and O–H groups in total. The molecule has 1 unspecified atom stereocenters. The number of nitrogens with two attached hydrogens (primary N) is 1. The summed E-state index contributed by atoms with van der Waals surface area (Å²) in [6.45, 7) is 2.56. The van der Waals surface area contributed by atoms with E-state index >= 15 is 0 Å². The third kappa shape index (κ3) is 4.02. The Morgan fingerprint density at radius 3 is 2.83 bits per heavy atom. The van der Waals surface area contributed by atoms with E-state index in [1.807, 2.05) is 37.3 Å². The molecule has 0 saturated heterocycles. The van der Waals surface area contributed by atoms with Crippen molar-refractivity contribution < 1.29 is 4.74 Å². The van der Waals surface area contributed by atoms with Gasteiger partial charge in [-0.1, -0.05) is 23.7 Å². The molecule has 1 atom stereocenters. The molecule has 1 aromatic heterocycles. The van der Waals surface area contributed by atoms with E-state index in [-0.39, 0.29) is 6.04 Å². The van der Waals surface area contributed by atoms with Gasteiger partial charge >= 0.3 is 0 Å². The lowest BCUT2D eigenvalue weighted by Gasteiger charge is -2.08. The first-order chi connectivity index (χ1) is 8.63. The predicted octanol–water partition coefficient (Wildman–Crippen LogP) is 3.87. The summed E-state index contributed by atoms with van der Waals surface area (Å²) in [5.74, 6) is 0.873. The van der Waals surface area contributed by atoms with Crippen molar-refractivity contribution in [3.63, 3.8) is 0 Å². The van der Waals surface area contributed by atoms with Gasteiger partial charge in [0.1, 0.15) is 12.4 Å².